The van der Waals surface area contributed by atoms with E-state index in [9.17, 15) is 9.59 Å². The van der Waals surface area contributed by atoms with E-state index < -0.39 is 0 Å². The molecule has 0 aliphatic rings. The largest absolute Gasteiger partial charge is 0.311 e. The van der Waals surface area contributed by atoms with Crippen molar-refractivity contribution in [2.75, 3.05) is 31.1 Å². The molecule has 1 heterocycles. The van der Waals surface area contributed by atoms with E-state index >= 15 is 0 Å². The number of carbonyl (C=O) groups is 1. The minimum absolute atomic E-state index is 0.0323. The Morgan fingerprint density at radius 2 is 1.83 bits per heavy atom. The van der Waals surface area contributed by atoms with Crippen molar-refractivity contribution in [3.05, 3.63) is 69.4 Å². The summed E-state index contributed by atoms with van der Waals surface area (Å²) in [6.07, 6.45) is 1.61. The minimum atomic E-state index is -0.108. The molecule has 0 spiro atoms. The zero-order valence-corrected chi connectivity index (χ0v) is 19.0. The molecule has 0 saturated heterocycles. The van der Waals surface area contributed by atoms with Gasteiger partial charge in [-0.3, -0.25) is 14.3 Å². The molecule has 0 N–H and O–H groups in total. The molecule has 0 atom stereocenters. The Morgan fingerprint density at radius 3 is 2.57 bits per heavy atom. The van der Waals surface area contributed by atoms with Crippen LogP contribution in [0.2, 0.25) is 0 Å². The second-order valence-electron chi connectivity index (χ2n) is 7.05. The van der Waals surface area contributed by atoms with Crippen LogP contribution in [0.4, 0.5) is 5.69 Å². The lowest BCUT2D eigenvalue weighted by atomic mass is 10.2. The summed E-state index contributed by atoms with van der Waals surface area (Å²) in [4.78, 5) is 29.4. The SMILES string of the molecule is CCN(CC)CCN(C(=O)CCn1ncc(=O)c2ccccc21)c1cccc(Br)c1. The molecule has 0 radical (unpaired) electrons. The van der Waals surface area contributed by atoms with Crippen LogP contribution in [-0.4, -0.2) is 46.8 Å². The van der Waals surface area contributed by atoms with Crippen LogP contribution in [0.5, 0.6) is 0 Å². The molecule has 3 rings (SSSR count). The van der Waals surface area contributed by atoms with Crippen molar-refractivity contribution in [3.8, 4) is 0 Å². The van der Waals surface area contributed by atoms with Crippen LogP contribution >= 0.6 is 15.9 Å². The lowest BCUT2D eigenvalue weighted by molar-refractivity contribution is -0.118. The summed E-state index contributed by atoms with van der Waals surface area (Å²) in [7, 11) is 0. The van der Waals surface area contributed by atoms with Crippen molar-refractivity contribution in [2.45, 2.75) is 26.8 Å². The van der Waals surface area contributed by atoms with E-state index in [1.165, 1.54) is 6.20 Å². The van der Waals surface area contributed by atoms with Gasteiger partial charge in [-0.05, 0) is 43.4 Å². The molecule has 0 aliphatic carbocycles. The maximum Gasteiger partial charge on any atom is 0.228 e. The molecular formula is C23H27BrN4O2. The number of nitrogens with zero attached hydrogens (tertiary/aromatic N) is 4. The first-order chi connectivity index (χ1) is 14.5. The topological polar surface area (TPSA) is 58.4 Å². The fourth-order valence-corrected chi connectivity index (χ4v) is 3.89. The molecule has 0 bridgehead atoms. The summed E-state index contributed by atoms with van der Waals surface area (Å²) in [5, 5.41) is 4.86. The van der Waals surface area contributed by atoms with Gasteiger partial charge in [-0.15, -0.1) is 0 Å². The number of benzene rings is 2. The lowest BCUT2D eigenvalue weighted by Crippen LogP contribution is -2.39. The average molecular weight is 471 g/mol. The highest BCUT2D eigenvalue weighted by molar-refractivity contribution is 9.10. The zero-order valence-electron chi connectivity index (χ0n) is 17.4. The molecule has 0 unspecified atom stereocenters. The number of hydrogen-bond acceptors (Lipinski definition) is 4. The molecule has 3 aromatic rings. The Morgan fingerprint density at radius 1 is 1.07 bits per heavy atom. The molecule has 2 aromatic carbocycles. The first kappa shape index (κ1) is 22.2. The van der Waals surface area contributed by atoms with Crippen LogP contribution in [0.1, 0.15) is 20.3 Å². The van der Waals surface area contributed by atoms with Crippen molar-refractivity contribution in [1.29, 1.82) is 0 Å². The van der Waals surface area contributed by atoms with Gasteiger partial charge in [0.25, 0.3) is 0 Å². The van der Waals surface area contributed by atoms with E-state index in [0.29, 0.717) is 24.9 Å². The Hall–Kier alpha value is -2.51. The second-order valence-corrected chi connectivity index (χ2v) is 7.97. The number of anilines is 1. The van der Waals surface area contributed by atoms with Gasteiger partial charge >= 0.3 is 0 Å². The van der Waals surface area contributed by atoms with Gasteiger partial charge in [0, 0.05) is 35.1 Å². The van der Waals surface area contributed by atoms with Crippen molar-refractivity contribution < 1.29 is 4.79 Å². The summed E-state index contributed by atoms with van der Waals surface area (Å²) in [6, 6.07) is 15.2. The number of aromatic nitrogens is 2. The highest BCUT2D eigenvalue weighted by Gasteiger charge is 2.17. The molecule has 6 nitrogen and oxygen atoms in total. The first-order valence-electron chi connectivity index (χ1n) is 10.3. The standard InChI is InChI=1S/C23H27BrN4O2/c1-3-26(4-2)14-15-27(19-9-7-8-18(24)16-19)23(30)12-13-28-21-11-6-5-10-20(21)22(29)17-25-28/h5-11,16-17H,3-4,12-15H2,1-2H3. The highest BCUT2D eigenvalue weighted by atomic mass is 79.9. The Labute approximate surface area is 185 Å². The number of para-hydroxylation sites is 1. The maximum atomic E-state index is 13.2. The van der Waals surface area contributed by atoms with E-state index in [1.54, 1.807) is 10.7 Å². The highest BCUT2D eigenvalue weighted by Crippen LogP contribution is 2.21. The molecule has 158 valence electrons. The Kier molecular flexibility index (Phi) is 7.76. The molecule has 1 aromatic heterocycles. The van der Waals surface area contributed by atoms with Crippen LogP contribution in [0, 0.1) is 0 Å². The molecule has 1 amide bonds. The monoisotopic (exact) mass is 470 g/mol. The number of hydrogen-bond donors (Lipinski definition) is 0. The van der Waals surface area contributed by atoms with E-state index in [-0.39, 0.29) is 11.3 Å². The normalized spacial score (nSPS) is 11.2. The van der Waals surface area contributed by atoms with Crippen molar-refractivity contribution >= 4 is 38.4 Å². The van der Waals surface area contributed by atoms with Gasteiger partial charge in [-0.2, -0.15) is 5.10 Å². The molecule has 0 saturated carbocycles. The van der Waals surface area contributed by atoms with Gasteiger partial charge in [0.15, 0.2) is 0 Å². The summed E-state index contributed by atoms with van der Waals surface area (Å²) in [5.41, 5.74) is 1.51. The fraction of sp³-hybridized carbons (Fsp3) is 0.348. The zero-order chi connectivity index (χ0) is 21.5. The number of halogens is 1. The summed E-state index contributed by atoms with van der Waals surface area (Å²) in [6.45, 7) is 7.99. The van der Waals surface area contributed by atoms with Gasteiger partial charge in [-0.25, -0.2) is 0 Å². The van der Waals surface area contributed by atoms with Crippen LogP contribution in [0.15, 0.2) is 64.0 Å². The number of likely N-dealkylation sites (N-methyl/N-ethyl adjacent to an activating group) is 1. The first-order valence-corrected chi connectivity index (χ1v) is 11.1. The number of amides is 1. The minimum Gasteiger partial charge on any atom is -0.311 e. The van der Waals surface area contributed by atoms with Crippen molar-refractivity contribution in [3.63, 3.8) is 0 Å². The second kappa shape index (κ2) is 10.5. The van der Waals surface area contributed by atoms with Gasteiger partial charge in [0.2, 0.25) is 11.3 Å². The average Bonchev–Trinajstić information content (AvgIpc) is 2.76. The summed E-state index contributed by atoms with van der Waals surface area (Å²) in [5.74, 6) is 0.0323. The quantitative estimate of drug-likeness (QED) is 0.475. The van der Waals surface area contributed by atoms with Gasteiger partial charge in [0.1, 0.15) is 0 Å². The van der Waals surface area contributed by atoms with E-state index in [2.05, 4.69) is 39.8 Å². The van der Waals surface area contributed by atoms with Gasteiger partial charge < -0.3 is 9.80 Å². The van der Waals surface area contributed by atoms with E-state index in [4.69, 9.17) is 0 Å². The summed E-state index contributed by atoms with van der Waals surface area (Å²) >= 11 is 3.50. The Bertz CT molecular complexity index is 1060. The van der Waals surface area contributed by atoms with Crippen LogP contribution in [0.3, 0.4) is 0 Å². The predicted molar refractivity (Wildman–Crippen MR) is 125 cm³/mol. The molecule has 0 fully saturated rings. The number of fused-ring (bicyclic) bond motifs is 1. The predicted octanol–water partition coefficient (Wildman–Crippen LogP) is 3.92. The summed E-state index contributed by atoms with van der Waals surface area (Å²) < 4.78 is 2.67. The molecule has 0 aliphatic heterocycles. The van der Waals surface area contributed by atoms with Gasteiger partial charge in [-0.1, -0.05) is 48.0 Å². The Balaban J connectivity index is 1.79. The third kappa shape index (κ3) is 5.34. The smallest absolute Gasteiger partial charge is 0.228 e. The molecule has 7 heteroatoms. The van der Waals surface area contributed by atoms with Crippen LogP contribution in [-0.2, 0) is 11.3 Å². The van der Waals surface area contributed by atoms with Gasteiger partial charge in [0.05, 0.1) is 18.3 Å². The van der Waals surface area contributed by atoms with Crippen molar-refractivity contribution in [2.24, 2.45) is 0 Å². The number of aryl methyl sites for hydroxylation is 1. The van der Waals surface area contributed by atoms with E-state index in [0.717, 1.165) is 35.3 Å². The number of carbonyl (C=O) groups excluding carboxylic acids is 1. The fourth-order valence-electron chi connectivity index (χ4n) is 3.50. The van der Waals surface area contributed by atoms with Crippen LogP contribution in [0.25, 0.3) is 10.9 Å². The molecule has 30 heavy (non-hydrogen) atoms. The van der Waals surface area contributed by atoms with Crippen molar-refractivity contribution in [1.82, 2.24) is 14.7 Å². The molecular weight excluding hydrogens is 444 g/mol. The third-order valence-electron chi connectivity index (χ3n) is 5.25. The maximum absolute atomic E-state index is 13.2. The van der Waals surface area contributed by atoms with Crippen LogP contribution < -0.4 is 10.3 Å². The third-order valence-corrected chi connectivity index (χ3v) is 5.75. The van der Waals surface area contributed by atoms with E-state index in [1.807, 2.05) is 47.4 Å². The number of rotatable bonds is 9. The lowest BCUT2D eigenvalue weighted by Gasteiger charge is -2.27.